The van der Waals surface area contributed by atoms with E-state index in [1.807, 2.05) is 18.2 Å². The molecular formula is C14H23NO3S. The van der Waals surface area contributed by atoms with E-state index in [1.165, 1.54) is 5.56 Å². The molecule has 108 valence electrons. The molecule has 0 saturated carbocycles. The van der Waals surface area contributed by atoms with Gasteiger partial charge in [-0.25, -0.2) is 13.6 Å². The van der Waals surface area contributed by atoms with Gasteiger partial charge in [0.1, 0.15) is 0 Å². The van der Waals surface area contributed by atoms with Crippen LogP contribution in [0.3, 0.4) is 0 Å². The second kappa shape index (κ2) is 9.07. The minimum Gasteiger partial charge on any atom is -0.381 e. The Morgan fingerprint density at radius 1 is 0.947 bits per heavy atom. The molecule has 0 heterocycles. The van der Waals surface area contributed by atoms with Gasteiger partial charge in [-0.15, -0.1) is 0 Å². The first-order valence-corrected chi connectivity index (χ1v) is 8.41. The molecule has 0 unspecified atom stereocenters. The molecule has 0 aliphatic carbocycles. The first-order chi connectivity index (χ1) is 9.08. The summed E-state index contributed by atoms with van der Waals surface area (Å²) in [5.41, 5.74) is 1.33. The van der Waals surface area contributed by atoms with Crippen molar-refractivity contribution < 1.29 is 13.2 Å². The number of sulfonamides is 1. The number of benzene rings is 1. The highest BCUT2D eigenvalue weighted by molar-refractivity contribution is 7.89. The van der Waals surface area contributed by atoms with Gasteiger partial charge in [0.05, 0.1) is 5.75 Å². The van der Waals surface area contributed by atoms with Crippen LogP contribution < -0.4 is 5.14 Å². The summed E-state index contributed by atoms with van der Waals surface area (Å²) in [6.45, 7) is 1.45. The van der Waals surface area contributed by atoms with Gasteiger partial charge in [0.15, 0.2) is 0 Å². The molecule has 0 radical (unpaired) electrons. The van der Waals surface area contributed by atoms with Gasteiger partial charge >= 0.3 is 0 Å². The molecule has 0 amide bonds. The van der Waals surface area contributed by atoms with Gasteiger partial charge in [0, 0.05) is 13.2 Å². The lowest BCUT2D eigenvalue weighted by Gasteiger charge is -2.04. The maximum Gasteiger partial charge on any atom is 0.209 e. The van der Waals surface area contributed by atoms with Crippen molar-refractivity contribution in [1.82, 2.24) is 0 Å². The third-order valence-corrected chi connectivity index (χ3v) is 3.67. The molecule has 0 aliphatic heterocycles. The Morgan fingerprint density at radius 3 is 2.32 bits per heavy atom. The third kappa shape index (κ3) is 9.64. The number of primary sulfonamides is 1. The summed E-state index contributed by atoms with van der Waals surface area (Å²) in [7, 11) is -3.30. The van der Waals surface area contributed by atoms with Crippen molar-refractivity contribution in [3.05, 3.63) is 35.9 Å². The number of unbranched alkanes of at least 4 members (excludes halogenated alkanes) is 2. The topological polar surface area (TPSA) is 69.4 Å². The van der Waals surface area contributed by atoms with Crippen molar-refractivity contribution in [2.45, 2.75) is 32.1 Å². The molecule has 4 nitrogen and oxygen atoms in total. The van der Waals surface area contributed by atoms with E-state index in [1.54, 1.807) is 0 Å². The van der Waals surface area contributed by atoms with E-state index in [0.29, 0.717) is 13.0 Å². The number of ether oxygens (including phenoxy) is 1. The molecule has 1 aromatic carbocycles. The molecule has 19 heavy (non-hydrogen) atoms. The zero-order valence-corrected chi connectivity index (χ0v) is 12.1. The van der Waals surface area contributed by atoms with Crippen molar-refractivity contribution in [3.8, 4) is 0 Å². The van der Waals surface area contributed by atoms with Gasteiger partial charge in [-0.2, -0.15) is 0 Å². The van der Waals surface area contributed by atoms with Crippen LogP contribution in [0.4, 0.5) is 0 Å². The average molecular weight is 285 g/mol. The third-order valence-electron chi connectivity index (χ3n) is 2.81. The standard InChI is InChI=1S/C14H23NO3S/c15-19(16,17)13-6-2-5-11-18-12-7-10-14-8-3-1-4-9-14/h1,3-4,8-9H,2,5-7,10-13H2,(H2,15,16,17). The molecule has 0 saturated heterocycles. The summed E-state index contributed by atoms with van der Waals surface area (Å²) in [4.78, 5) is 0. The minimum absolute atomic E-state index is 0.0704. The Kier molecular flexibility index (Phi) is 7.70. The number of hydrogen-bond donors (Lipinski definition) is 1. The summed E-state index contributed by atoms with van der Waals surface area (Å²) in [5.74, 6) is 0.0704. The fourth-order valence-electron chi connectivity index (χ4n) is 1.81. The van der Waals surface area contributed by atoms with Crippen LogP contribution in [-0.4, -0.2) is 27.4 Å². The van der Waals surface area contributed by atoms with Gasteiger partial charge in [-0.3, -0.25) is 0 Å². The molecule has 5 heteroatoms. The van der Waals surface area contributed by atoms with Crippen LogP contribution in [0, 0.1) is 0 Å². The highest BCUT2D eigenvalue weighted by Gasteiger charge is 2.01. The van der Waals surface area contributed by atoms with E-state index in [2.05, 4.69) is 12.1 Å². The molecule has 0 aliphatic rings. The Labute approximate surface area is 116 Å². The highest BCUT2D eigenvalue weighted by atomic mass is 32.2. The molecule has 1 rings (SSSR count). The molecule has 1 aromatic rings. The summed E-state index contributed by atoms with van der Waals surface area (Å²) in [6.07, 6.45) is 4.40. The van der Waals surface area contributed by atoms with Crippen molar-refractivity contribution in [2.24, 2.45) is 5.14 Å². The number of aryl methyl sites for hydroxylation is 1. The Hall–Kier alpha value is -0.910. The van der Waals surface area contributed by atoms with E-state index in [9.17, 15) is 8.42 Å². The van der Waals surface area contributed by atoms with Gasteiger partial charge < -0.3 is 4.74 Å². The predicted octanol–water partition coefficient (Wildman–Crippen LogP) is 2.09. The fourth-order valence-corrected chi connectivity index (χ4v) is 2.42. The van der Waals surface area contributed by atoms with Crippen molar-refractivity contribution in [3.63, 3.8) is 0 Å². The van der Waals surface area contributed by atoms with Gasteiger partial charge in [0.25, 0.3) is 0 Å². The number of hydrogen-bond acceptors (Lipinski definition) is 3. The summed E-state index contributed by atoms with van der Waals surface area (Å²) < 4.78 is 26.9. The summed E-state index contributed by atoms with van der Waals surface area (Å²) in [6, 6.07) is 10.3. The first-order valence-electron chi connectivity index (χ1n) is 6.70. The quantitative estimate of drug-likeness (QED) is 0.669. The SMILES string of the molecule is NS(=O)(=O)CCCCCOCCCc1ccccc1. The molecule has 0 fully saturated rings. The van der Waals surface area contributed by atoms with Crippen LogP contribution in [0.15, 0.2) is 30.3 Å². The molecule has 2 N–H and O–H groups in total. The smallest absolute Gasteiger partial charge is 0.209 e. The maximum atomic E-state index is 10.7. The van der Waals surface area contributed by atoms with Crippen LogP contribution >= 0.6 is 0 Å². The van der Waals surface area contributed by atoms with Crippen LogP contribution in [0.25, 0.3) is 0 Å². The molecule has 0 atom stereocenters. The Morgan fingerprint density at radius 2 is 1.63 bits per heavy atom. The van der Waals surface area contributed by atoms with Gasteiger partial charge in [-0.1, -0.05) is 36.8 Å². The zero-order chi connectivity index (χ0) is 14.0. The molecule has 0 bridgehead atoms. The van der Waals surface area contributed by atoms with Crippen LogP contribution in [0.2, 0.25) is 0 Å². The van der Waals surface area contributed by atoms with E-state index >= 15 is 0 Å². The lowest BCUT2D eigenvalue weighted by Crippen LogP contribution is -2.16. The highest BCUT2D eigenvalue weighted by Crippen LogP contribution is 2.03. The Balaban J connectivity index is 1.89. The van der Waals surface area contributed by atoms with E-state index in [-0.39, 0.29) is 5.75 Å². The monoisotopic (exact) mass is 285 g/mol. The van der Waals surface area contributed by atoms with Gasteiger partial charge in [-0.05, 0) is 31.2 Å². The lowest BCUT2D eigenvalue weighted by molar-refractivity contribution is 0.128. The number of rotatable bonds is 10. The predicted molar refractivity (Wildman–Crippen MR) is 77.4 cm³/mol. The fraction of sp³-hybridized carbons (Fsp3) is 0.571. The van der Waals surface area contributed by atoms with Crippen LogP contribution in [0.5, 0.6) is 0 Å². The summed E-state index contributed by atoms with van der Waals surface area (Å²) in [5, 5.41) is 4.91. The number of nitrogens with two attached hydrogens (primary N) is 1. The van der Waals surface area contributed by atoms with Crippen molar-refractivity contribution >= 4 is 10.0 Å². The van der Waals surface area contributed by atoms with E-state index in [4.69, 9.17) is 9.88 Å². The second-order valence-corrected chi connectivity index (χ2v) is 6.36. The van der Waals surface area contributed by atoms with E-state index in [0.717, 1.165) is 32.3 Å². The molecule has 0 spiro atoms. The van der Waals surface area contributed by atoms with Crippen molar-refractivity contribution in [1.29, 1.82) is 0 Å². The Bertz CT molecular complexity index is 431. The maximum absolute atomic E-state index is 10.7. The minimum atomic E-state index is -3.30. The normalized spacial score (nSPS) is 11.6. The van der Waals surface area contributed by atoms with Crippen LogP contribution in [-0.2, 0) is 21.2 Å². The largest absolute Gasteiger partial charge is 0.381 e. The zero-order valence-electron chi connectivity index (χ0n) is 11.3. The average Bonchev–Trinajstić information content (AvgIpc) is 2.37. The molecule has 0 aromatic heterocycles. The van der Waals surface area contributed by atoms with E-state index < -0.39 is 10.0 Å². The second-order valence-electron chi connectivity index (χ2n) is 4.63. The lowest BCUT2D eigenvalue weighted by atomic mass is 10.1. The van der Waals surface area contributed by atoms with Crippen molar-refractivity contribution in [2.75, 3.05) is 19.0 Å². The van der Waals surface area contributed by atoms with Crippen LogP contribution in [0.1, 0.15) is 31.2 Å². The summed E-state index contributed by atoms with van der Waals surface area (Å²) >= 11 is 0. The molecular weight excluding hydrogens is 262 g/mol. The first kappa shape index (κ1) is 16.1. The van der Waals surface area contributed by atoms with Gasteiger partial charge in [0.2, 0.25) is 10.0 Å².